The molecule has 13 nitrogen and oxygen atoms in total. The van der Waals surface area contributed by atoms with Crippen molar-refractivity contribution in [2.75, 3.05) is 11.9 Å². The third kappa shape index (κ3) is 9.69. The molecule has 0 aliphatic rings. The van der Waals surface area contributed by atoms with Crippen LogP contribution in [0, 0.1) is 0 Å². The second kappa shape index (κ2) is 15.5. The fourth-order valence-corrected chi connectivity index (χ4v) is 4.28. The summed E-state index contributed by atoms with van der Waals surface area (Å²) in [6.07, 6.45) is 3.00. The van der Waals surface area contributed by atoms with E-state index < -0.39 is 35.6 Å². The Morgan fingerprint density at radius 2 is 1.64 bits per heavy atom. The lowest BCUT2D eigenvalue weighted by molar-refractivity contribution is -0.128. The molecule has 0 aliphatic carbocycles. The molecular weight excluding hydrogens is 566 g/mol. The molecule has 0 bridgehead atoms. The van der Waals surface area contributed by atoms with Crippen LogP contribution in [0.15, 0.2) is 99.4 Å². The zero-order chi connectivity index (χ0) is 31.3. The van der Waals surface area contributed by atoms with Gasteiger partial charge in [-0.2, -0.15) is 0 Å². The largest absolute Gasteiger partial charge is 0.445 e. The van der Waals surface area contributed by atoms with Crippen LogP contribution < -0.4 is 33.0 Å². The first-order valence-corrected chi connectivity index (χ1v) is 13.8. The highest BCUT2D eigenvalue weighted by Gasteiger charge is 2.27. The average molecular weight is 600 g/mol. The van der Waals surface area contributed by atoms with Crippen LogP contribution in [0.1, 0.15) is 24.0 Å². The van der Waals surface area contributed by atoms with Gasteiger partial charge in [0.2, 0.25) is 11.8 Å². The maximum absolute atomic E-state index is 13.6. The topological polar surface area (TPSA) is 204 Å². The number of benzene rings is 2. The predicted molar refractivity (Wildman–Crippen MR) is 164 cm³/mol. The maximum Gasteiger partial charge on any atom is 0.408 e. The number of guanidine groups is 1. The number of nitrogens with zero attached hydrogens (tertiary/aromatic N) is 2. The molecule has 3 amide bonds. The molecule has 4 aromatic rings. The number of anilines is 1. The van der Waals surface area contributed by atoms with E-state index in [2.05, 4.69) is 25.9 Å². The van der Waals surface area contributed by atoms with Crippen LogP contribution in [0.4, 0.5) is 10.5 Å². The van der Waals surface area contributed by atoms with Gasteiger partial charge < -0.3 is 36.6 Å². The minimum absolute atomic E-state index is 0.0119. The van der Waals surface area contributed by atoms with E-state index in [0.717, 1.165) is 11.1 Å². The Labute approximate surface area is 252 Å². The fourth-order valence-electron chi connectivity index (χ4n) is 4.28. The van der Waals surface area contributed by atoms with E-state index in [1.807, 2.05) is 30.3 Å². The molecular formula is C31H33N7O6. The van der Waals surface area contributed by atoms with Gasteiger partial charge in [-0.1, -0.05) is 30.3 Å². The second-order valence-corrected chi connectivity index (χ2v) is 9.82. The van der Waals surface area contributed by atoms with Crippen molar-refractivity contribution in [3.8, 4) is 0 Å². The van der Waals surface area contributed by atoms with E-state index >= 15 is 0 Å². The highest BCUT2D eigenvalue weighted by Crippen LogP contribution is 2.18. The molecule has 228 valence electrons. The quantitative estimate of drug-likeness (QED) is 0.0660. The van der Waals surface area contributed by atoms with Crippen LogP contribution in [0.5, 0.6) is 0 Å². The minimum Gasteiger partial charge on any atom is -0.445 e. The summed E-state index contributed by atoms with van der Waals surface area (Å²) in [5.41, 5.74) is 12.5. The third-order valence-electron chi connectivity index (χ3n) is 6.48. The number of nitrogens with one attached hydrogen (secondary N) is 3. The first-order chi connectivity index (χ1) is 21.3. The Hall–Kier alpha value is -5.72. The summed E-state index contributed by atoms with van der Waals surface area (Å²) in [4.78, 5) is 59.3. The van der Waals surface area contributed by atoms with E-state index in [-0.39, 0.29) is 32.0 Å². The number of carbonyl (C=O) groups excluding carboxylic acids is 3. The van der Waals surface area contributed by atoms with Crippen LogP contribution >= 0.6 is 0 Å². The number of carbonyl (C=O) groups is 3. The summed E-state index contributed by atoms with van der Waals surface area (Å²) in [5.74, 6) is -1.23. The molecule has 2 aromatic heterocycles. The summed E-state index contributed by atoms with van der Waals surface area (Å²) in [6.45, 7) is 0.242. The van der Waals surface area contributed by atoms with Crippen molar-refractivity contribution in [3.63, 3.8) is 0 Å². The van der Waals surface area contributed by atoms with Crippen molar-refractivity contribution in [2.24, 2.45) is 16.5 Å². The number of rotatable bonds is 13. The van der Waals surface area contributed by atoms with Crippen LogP contribution in [0.3, 0.4) is 0 Å². The molecule has 44 heavy (non-hydrogen) atoms. The van der Waals surface area contributed by atoms with E-state index in [9.17, 15) is 19.2 Å². The van der Waals surface area contributed by atoms with Crippen LogP contribution in [-0.2, 0) is 27.4 Å². The molecule has 0 spiro atoms. The smallest absolute Gasteiger partial charge is 0.408 e. The summed E-state index contributed by atoms with van der Waals surface area (Å²) in [6, 6.07) is 18.2. The number of alkyl carbamates (subject to hydrolysis) is 1. The van der Waals surface area contributed by atoms with E-state index in [0.29, 0.717) is 23.1 Å². The van der Waals surface area contributed by atoms with Crippen molar-refractivity contribution >= 4 is 40.5 Å². The molecule has 7 N–H and O–H groups in total. The van der Waals surface area contributed by atoms with Gasteiger partial charge in [-0.05, 0) is 54.3 Å². The molecule has 0 saturated heterocycles. The van der Waals surface area contributed by atoms with Gasteiger partial charge in [-0.3, -0.25) is 19.6 Å². The molecule has 0 unspecified atom stereocenters. The fraction of sp³-hybridized carbons (Fsp3) is 0.226. The van der Waals surface area contributed by atoms with Crippen LogP contribution in [-0.4, -0.2) is 47.5 Å². The van der Waals surface area contributed by atoms with Gasteiger partial charge in [0.05, 0.1) is 0 Å². The number of amides is 3. The molecule has 0 fully saturated rings. The second-order valence-electron chi connectivity index (χ2n) is 9.82. The molecule has 2 heterocycles. The lowest BCUT2D eigenvalue weighted by Crippen LogP contribution is -2.53. The zero-order valence-electron chi connectivity index (χ0n) is 23.8. The van der Waals surface area contributed by atoms with Gasteiger partial charge in [0.15, 0.2) is 5.96 Å². The summed E-state index contributed by atoms with van der Waals surface area (Å²) < 4.78 is 10.5. The molecule has 0 aliphatic heterocycles. The molecule has 4 rings (SSSR count). The Morgan fingerprint density at radius 1 is 0.886 bits per heavy atom. The normalized spacial score (nSPS) is 12.0. The SMILES string of the molecule is NC(N)=NCCC[C@H](NC(=O)[C@H](Cc1ccncc1)NC(=O)OCc1ccccc1)C(=O)Nc1ccc2ccc(=O)oc2c1. The van der Waals surface area contributed by atoms with Crippen LogP contribution in [0.2, 0.25) is 0 Å². The summed E-state index contributed by atoms with van der Waals surface area (Å²) in [5, 5.41) is 8.79. The average Bonchev–Trinajstić information content (AvgIpc) is 3.01. The van der Waals surface area contributed by atoms with Gasteiger partial charge in [-0.25, -0.2) is 9.59 Å². The standard InChI is InChI=1S/C31H33N7O6/c32-30(33)35-14-4-7-24(28(40)36-23-10-8-22-9-11-27(39)44-26(22)18-23)37-29(41)25(17-20-12-15-34-16-13-20)38-31(42)43-19-21-5-2-1-3-6-21/h1-3,5-6,8-13,15-16,18,24-25H,4,7,14,17,19H2,(H,36,40)(H,37,41)(H,38,42)(H4,32,33,35)/t24-,25-/m0/s1. The van der Waals surface area contributed by atoms with Crippen molar-refractivity contribution in [1.29, 1.82) is 0 Å². The Kier molecular flexibility index (Phi) is 11.0. The Balaban J connectivity index is 1.49. The number of hydrogen-bond acceptors (Lipinski definition) is 8. The highest BCUT2D eigenvalue weighted by atomic mass is 16.5. The maximum atomic E-state index is 13.6. The van der Waals surface area contributed by atoms with Crippen molar-refractivity contribution in [1.82, 2.24) is 15.6 Å². The summed E-state index contributed by atoms with van der Waals surface area (Å²) >= 11 is 0. The number of ether oxygens (including phenoxy) is 1. The van der Waals surface area contributed by atoms with Crippen molar-refractivity contribution in [2.45, 2.75) is 38.0 Å². The number of aromatic nitrogens is 1. The first kappa shape index (κ1) is 31.2. The Morgan fingerprint density at radius 3 is 2.39 bits per heavy atom. The molecule has 2 aromatic carbocycles. The number of nitrogens with two attached hydrogens (primary N) is 2. The van der Waals surface area contributed by atoms with E-state index in [4.69, 9.17) is 20.6 Å². The van der Waals surface area contributed by atoms with E-state index in [1.165, 1.54) is 12.1 Å². The number of fused-ring (bicyclic) bond motifs is 1. The van der Waals surface area contributed by atoms with Crippen molar-refractivity contribution < 1.29 is 23.5 Å². The van der Waals surface area contributed by atoms with Crippen molar-refractivity contribution in [3.05, 3.63) is 107 Å². The van der Waals surface area contributed by atoms with Gasteiger partial charge in [0, 0.05) is 48.6 Å². The molecule has 0 radical (unpaired) electrons. The number of hydrogen-bond donors (Lipinski definition) is 5. The summed E-state index contributed by atoms with van der Waals surface area (Å²) in [7, 11) is 0. The van der Waals surface area contributed by atoms with Gasteiger partial charge in [0.1, 0.15) is 24.3 Å². The lowest BCUT2D eigenvalue weighted by atomic mass is 10.0. The molecule has 13 heteroatoms. The van der Waals surface area contributed by atoms with Gasteiger partial charge in [0.25, 0.3) is 0 Å². The molecule has 2 atom stereocenters. The highest BCUT2D eigenvalue weighted by molar-refractivity contribution is 5.99. The predicted octanol–water partition coefficient (Wildman–Crippen LogP) is 2.20. The first-order valence-electron chi connectivity index (χ1n) is 13.8. The third-order valence-corrected chi connectivity index (χ3v) is 6.48. The minimum atomic E-state index is -1.08. The molecule has 0 saturated carbocycles. The van der Waals surface area contributed by atoms with Crippen LogP contribution in [0.25, 0.3) is 11.0 Å². The lowest BCUT2D eigenvalue weighted by Gasteiger charge is -2.23. The van der Waals surface area contributed by atoms with Gasteiger partial charge >= 0.3 is 11.7 Å². The number of aliphatic imine (C=N–C) groups is 1. The van der Waals surface area contributed by atoms with E-state index in [1.54, 1.807) is 42.7 Å². The van der Waals surface area contributed by atoms with Gasteiger partial charge in [-0.15, -0.1) is 0 Å². The zero-order valence-corrected chi connectivity index (χ0v) is 23.8. The monoisotopic (exact) mass is 599 g/mol. The Bertz CT molecular complexity index is 1660. The number of pyridine rings is 1.